The van der Waals surface area contributed by atoms with Gasteiger partial charge in [0.25, 0.3) is 0 Å². The number of nitrogens with one attached hydrogen (secondary N) is 1. The number of benzene rings is 2. The summed E-state index contributed by atoms with van der Waals surface area (Å²) in [6.07, 6.45) is 0. The first kappa shape index (κ1) is 12.9. The maximum atomic E-state index is 13.1. The summed E-state index contributed by atoms with van der Waals surface area (Å²) in [5.74, 6) is -4.53. The van der Waals surface area contributed by atoms with Gasteiger partial charge in [0.05, 0.1) is 10.2 Å². The Balaban J connectivity index is 1.96. The Morgan fingerprint density at radius 3 is 2.35 bits per heavy atom. The van der Waals surface area contributed by atoms with Crippen molar-refractivity contribution in [2.75, 3.05) is 5.32 Å². The fourth-order valence-electron chi connectivity index (χ4n) is 1.71. The van der Waals surface area contributed by atoms with Crippen LogP contribution in [0.25, 0.3) is 10.2 Å². The molecule has 0 bridgehead atoms. The number of halogens is 4. The fourth-order valence-corrected chi connectivity index (χ4v) is 2.57. The van der Waals surface area contributed by atoms with Crippen molar-refractivity contribution in [3.8, 4) is 0 Å². The SMILES string of the molecule is Fc1ccc2sc(Nc3cc(F)c(F)c(F)c3)nc2c1. The van der Waals surface area contributed by atoms with E-state index in [1.165, 1.54) is 23.5 Å². The molecule has 0 unspecified atom stereocenters. The third-order valence-corrected chi connectivity index (χ3v) is 3.54. The molecule has 0 aliphatic carbocycles. The molecule has 1 N–H and O–H groups in total. The summed E-state index contributed by atoms with van der Waals surface area (Å²) in [6, 6.07) is 5.75. The van der Waals surface area contributed by atoms with E-state index in [0.717, 1.165) is 16.8 Å². The maximum Gasteiger partial charge on any atom is 0.194 e. The Hall–Kier alpha value is -2.15. The number of hydrogen-bond acceptors (Lipinski definition) is 3. The molecule has 0 spiro atoms. The molecule has 0 saturated heterocycles. The van der Waals surface area contributed by atoms with Crippen molar-refractivity contribution in [1.29, 1.82) is 0 Å². The Morgan fingerprint density at radius 2 is 1.65 bits per heavy atom. The standard InChI is InChI=1S/C13H6F4N2S/c14-6-1-2-11-10(3-6)19-13(20-11)18-7-4-8(15)12(17)9(16)5-7/h1-5H,(H,18,19). The molecule has 0 saturated carbocycles. The van der Waals surface area contributed by atoms with E-state index in [9.17, 15) is 17.6 Å². The smallest absolute Gasteiger partial charge is 0.194 e. The van der Waals surface area contributed by atoms with Crippen LogP contribution < -0.4 is 5.32 Å². The summed E-state index contributed by atoms with van der Waals surface area (Å²) in [7, 11) is 0. The molecule has 0 amide bonds. The van der Waals surface area contributed by atoms with Gasteiger partial charge in [-0.1, -0.05) is 11.3 Å². The minimum atomic E-state index is -1.53. The highest BCUT2D eigenvalue weighted by atomic mass is 32.1. The van der Waals surface area contributed by atoms with Gasteiger partial charge in [-0.2, -0.15) is 0 Å². The topological polar surface area (TPSA) is 24.9 Å². The van der Waals surface area contributed by atoms with Crippen LogP contribution in [0.5, 0.6) is 0 Å². The Bertz CT molecular complexity index is 777. The van der Waals surface area contributed by atoms with E-state index in [1.54, 1.807) is 6.07 Å². The van der Waals surface area contributed by atoms with E-state index in [0.29, 0.717) is 10.6 Å². The van der Waals surface area contributed by atoms with E-state index < -0.39 is 23.3 Å². The first-order valence-electron chi connectivity index (χ1n) is 5.50. The summed E-state index contributed by atoms with van der Waals surface area (Å²) in [4.78, 5) is 4.08. The third-order valence-electron chi connectivity index (χ3n) is 2.58. The lowest BCUT2D eigenvalue weighted by Crippen LogP contribution is -1.95. The maximum absolute atomic E-state index is 13.1. The van der Waals surface area contributed by atoms with E-state index in [-0.39, 0.29) is 5.69 Å². The van der Waals surface area contributed by atoms with E-state index in [2.05, 4.69) is 10.3 Å². The van der Waals surface area contributed by atoms with E-state index in [4.69, 9.17) is 0 Å². The molecule has 3 rings (SSSR count). The molecule has 3 aromatic rings. The lowest BCUT2D eigenvalue weighted by Gasteiger charge is -2.03. The lowest BCUT2D eigenvalue weighted by molar-refractivity contribution is 0.448. The van der Waals surface area contributed by atoms with Crippen molar-refractivity contribution in [2.24, 2.45) is 0 Å². The highest BCUT2D eigenvalue weighted by Crippen LogP contribution is 2.29. The van der Waals surface area contributed by atoms with Crippen LogP contribution in [-0.2, 0) is 0 Å². The number of anilines is 2. The van der Waals surface area contributed by atoms with Gasteiger partial charge < -0.3 is 5.32 Å². The molecule has 0 radical (unpaired) electrons. The van der Waals surface area contributed by atoms with Crippen molar-refractivity contribution in [2.45, 2.75) is 0 Å². The van der Waals surface area contributed by atoms with Crippen molar-refractivity contribution < 1.29 is 17.6 Å². The summed E-state index contributed by atoms with van der Waals surface area (Å²) in [6.45, 7) is 0. The number of aromatic nitrogens is 1. The Kier molecular flexibility index (Phi) is 3.06. The molecule has 1 aromatic heterocycles. The van der Waals surface area contributed by atoms with Crippen LogP contribution in [0.3, 0.4) is 0 Å². The zero-order valence-electron chi connectivity index (χ0n) is 9.75. The first-order valence-corrected chi connectivity index (χ1v) is 6.32. The van der Waals surface area contributed by atoms with Crippen LogP contribution in [-0.4, -0.2) is 4.98 Å². The number of thiazole rings is 1. The molecule has 1 heterocycles. The van der Waals surface area contributed by atoms with Crippen molar-refractivity contribution >= 4 is 32.4 Å². The zero-order chi connectivity index (χ0) is 14.3. The summed E-state index contributed by atoms with van der Waals surface area (Å²) in [5.41, 5.74) is 0.460. The summed E-state index contributed by atoms with van der Waals surface area (Å²) in [5, 5.41) is 2.99. The predicted octanol–water partition coefficient (Wildman–Crippen LogP) is 4.60. The molecule has 7 heteroatoms. The van der Waals surface area contributed by atoms with E-state index in [1.807, 2.05) is 0 Å². The van der Waals surface area contributed by atoms with Crippen LogP contribution >= 0.6 is 11.3 Å². The molecule has 102 valence electrons. The molecular weight excluding hydrogens is 292 g/mol. The molecule has 20 heavy (non-hydrogen) atoms. The largest absolute Gasteiger partial charge is 0.331 e. The predicted molar refractivity (Wildman–Crippen MR) is 69.2 cm³/mol. The van der Waals surface area contributed by atoms with Crippen molar-refractivity contribution in [3.05, 3.63) is 53.6 Å². The van der Waals surface area contributed by atoms with Gasteiger partial charge in [0.1, 0.15) is 5.82 Å². The van der Waals surface area contributed by atoms with Crippen molar-refractivity contribution in [1.82, 2.24) is 4.98 Å². The molecule has 0 aliphatic rings. The second kappa shape index (κ2) is 4.75. The lowest BCUT2D eigenvalue weighted by atomic mass is 10.3. The second-order valence-corrected chi connectivity index (χ2v) is 5.04. The van der Waals surface area contributed by atoms with Crippen molar-refractivity contribution in [3.63, 3.8) is 0 Å². The van der Waals surface area contributed by atoms with Crippen LogP contribution in [0.1, 0.15) is 0 Å². The van der Waals surface area contributed by atoms with Gasteiger partial charge in [-0.25, -0.2) is 22.5 Å². The molecule has 0 aliphatic heterocycles. The molecular formula is C13H6F4N2S. The molecule has 0 fully saturated rings. The molecule has 0 atom stereocenters. The van der Waals surface area contributed by atoms with E-state index >= 15 is 0 Å². The number of rotatable bonds is 2. The average Bonchev–Trinajstić information content (AvgIpc) is 2.77. The van der Waals surface area contributed by atoms with Gasteiger partial charge >= 0.3 is 0 Å². The number of hydrogen-bond donors (Lipinski definition) is 1. The second-order valence-electron chi connectivity index (χ2n) is 4.01. The number of nitrogens with zero attached hydrogens (tertiary/aromatic N) is 1. The normalized spacial score (nSPS) is 11.0. The van der Waals surface area contributed by atoms with Gasteiger partial charge in [-0.15, -0.1) is 0 Å². The Labute approximate surface area is 114 Å². The van der Waals surface area contributed by atoms with Gasteiger partial charge in [0.15, 0.2) is 22.6 Å². The van der Waals surface area contributed by atoms with Crippen LogP contribution in [0.4, 0.5) is 28.4 Å². The molecule has 2 nitrogen and oxygen atoms in total. The molecule has 2 aromatic carbocycles. The first-order chi connectivity index (χ1) is 9.52. The van der Waals surface area contributed by atoms with Gasteiger partial charge in [-0.05, 0) is 12.1 Å². The quantitative estimate of drug-likeness (QED) is 0.552. The van der Waals surface area contributed by atoms with Crippen LogP contribution in [0.15, 0.2) is 30.3 Å². The monoisotopic (exact) mass is 298 g/mol. The van der Waals surface area contributed by atoms with Gasteiger partial charge in [0, 0.05) is 23.9 Å². The highest BCUT2D eigenvalue weighted by molar-refractivity contribution is 7.22. The highest BCUT2D eigenvalue weighted by Gasteiger charge is 2.12. The number of fused-ring (bicyclic) bond motifs is 1. The van der Waals surface area contributed by atoms with Gasteiger partial charge in [0.2, 0.25) is 0 Å². The average molecular weight is 298 g/mol. The summed E-state index contributed by atoms with van der Waals surface area (Å²) >= 11 is 1.19. The fraction of sp³-hybridized carbons (Fsp3) is 0. The van der Waals surface area contributed by atoms with Crippen LogP contribution in [0, 0.1) is 23.3 Å². The van der Waals surface area contributed by atoms with Gasteiger partial charge in [-0.3, -0.25) is 0 Å². The minimum Gasteiger partial charge on any atom is -0.331 e. The zero-order valence-corrected chi connectivity index (χ0v) is 10.6. The minimum absolute atomic E-state index is 0.0286. The summed E-state index contributed by atoms with van der Waals surface area (Å²) < 4.78 is 52.7. The van der Waals surface area contributed by atoms with Crippen LogP contribution in [0.2, 0.25) is 0 Å². The third kappa shape index (κ3) is 2.32. The Morgan fingerprint density at radius 1 is 0.950 bits per heavy atom.